The standard InChI is InChI=1S/C27H27NO5/c1-5-13-32-21-12-10-19(15-17(21)3)25(29)23-24(22-11-9-18(4)33-22)28(27(31)26(23)30)20-8-6-7-16(2)14-20/h6-12,14-15,24,29H,5,13H2,1-4H3/b25-23-. The van der Waals surface area contributed by atoms with Crippen molar-refractivity contribution in [2.24, 2.45) is 0 Å². The van der Waals surface area contributed by atoms with Gasteiger partial charge >= 0.3 is 0 Å². The molecule has 170 valence electrons. The number of Topliss-reactive ketones (excluding diaryl/α,β-unsaturated/α-hetero) is 1. The first kappa shape index (κ1) is 22.4. The van der Waals surface area contributed by atoms with Crippen LogP contribution in [0.5, 0.6) is 5.75 Å². The van der Waals surface area contributed by atoms with Gasteiger partial charge in [-0.3, -0.25) is 14.5 Å². The van der Waals surface area contributed by atoms with Gasteiger partial charge in [-0.15, -0.1) is 0 Å². The number of aliphatic hydroxyl groups is 1. The molecule has 6 heteroatoms. The Hall–Kier alpha value is -3.80. The van der Waals surface area contributed by atoms with Gasteiger partial charge in [0.2, 0.25) is 0 Å². The van der Waals surface area contributed by atoms with Crippen LogP contribution < -0.4 is 9.64 Å². The minimum Gasteiger partial charge on any atom is -0.507 e. The molecule has 1 N–H and O–H groups in total. The summed E-state index contributed by atoms with van der Waals surface area (Å²) in [5.74, 6) is 0.0693. The molecule has 0 radical (unpaired) electrons. The molecule has 1 fully saturated rings. The molecule has 2 aromatic carbocycles. The van der Waals surface area contributed by atoms with Gasteiger partial charge < -0.3 is 14.3 Å². The smallest absolute Gasteiger partial charge is 0.300 e. The third-order valence-corrected chi connectivity index (χ3v) is 5.66. The minimum atomic E-state index is -0.878. The summed E-state index contributed by atoms with van der Waals surface area (Å²) in [7, 11) is 0. The fourth-order valence-corrected chi connectivity index (χ4v) is 4.07. The second kappa shape index (κ2) is 8.98. The van der Waals surface area contributed by atoms with Crippen LogP contribution >= 0.6 is 0 Å². The van der Waals surface area contributed by atoms with Crippen LogP contribution in [0, 0.1) is 20.8 Å². The first-order valence-electron chi connectivity index (χ1n) is 11.0. The van der Waals surface area contributed by atoms with Crippen LogP contribution in [-0.2, 0) is 9.59 Å². The van der Waals surface area contributed by atoms with Crippen LogP contribution in [0.25, 0.3) is 5.76 Å². The fourth-order valence-electron chi connectivity index (χ4n) is 4.07. The van der Waals surface area contributed by atoms with Crippen LogP contribution in [-0.4, -0.2) is 23.4 Å². The molecule has 6 nitrogen and oxygen atoms in total. The highest BCUT2D eigenvalue weighted by atomic mass is 16.5. The van der Waals surface area contributed by atoms with E-state index in [2.05, 4.69) is 0 Å². The summed E-state index contributed by atoms with van der Waals surface area (Å²) < 4.78 is 11.6. The summed E-state index contributed by atoms with van der Waals surface area (Å²) in [5, 5.41) is 11.3. The second-order valence-electron chi connectivity index (χ2n) is 8.29. The summed E-state index contributed by atoms with van der Waals surface area (Å²) in [6.07, 6.45) is 0.881. The quantitative estimate of drug-likeness (QED) is 0.303. The lowest BCUT2D eigenvalue weighted by atomic mass is 9.98. The van der Waals surface area contributed by atoms with Crippen molar-refractivity contribution >= 4 is 23.1 Å². The fraction of sp³-hybridized carbons (Fsp3) is 0.259. The number of nitrogens with zero attached hydrogens (tertiary/aromatic N) is 1. The van der Waals surface area contributed by atoms with E-state index < -0.39 is 17.7 Å². The van der Waals surface area contributed by atoms with Crippen molar-refractivity contribution in [1.29, 1.82) is 0 Å². The summed E-state index contributed by atoms with van der Waals surface area (Å²) in [6.45, 7) is 8.20. The van der Waals surface area contributed by atoms with Gasteiger partial charge in [-0.2, -0.15) is 0 Å². The number of hydrogen-bond acceptors (Lipinski definition) is 5. The number of benzene rings is 2. The Morgan fingerprint density at radius 1 is 1.06 bits per heavy atom. The van der Waals surface area contributed by atoms with Gasteiger partial charge in [-0.25, -0.2) is 0 Å². The van der Waals surface area contributed by atoms with Crippen LogP contribution in [0.15, 0.2) is 64.6 Å². The number of aryl methyl sites for hydroxylation is 3. The third-order valence-electron chi connectivity index (χ3n) is 5.66. The third kappa shape index (κ3) is 4.16. The summed E-state index contributed by atoms with van der Waals surface area (Å²) in [4.78, 5) is 27.8. The molecule has 1 amide bonds. The van der Waals surface area contributed by atoms with Gasteiger partial charge in [0.25, 0.3) is 11.7 Å². The molecule has 2 heterocycles. The van der Waals surface area contributed by atoms with Crippen molar-refractivity contribution in [3.63, 3.8) is 0 Å². The van der Waals surface area contributed by atoms with Gasteiger partial charge in [0, 0.05) is 11.3 Å². The number of ketones is 1. The molecular weight excluding hydrogens is 418 g/mol. The van der Waals surface area contributed by atoms with Gasteiger partial charge in [-0.1, -0.05) is 19.1 Å². The number of rotatable bonds is 6. The first-order chi connectivity index (χ1) is 15.8. The number of ether oxygens (including phenoxy) is 1. The zero-order chi connectivity index (χ0) is 23.7. The maximum Gasteiger partial charge on any atom is 0.300 e. The average molecular weight is 446 g/mol. The molecule has 1 atom stereocenters. The first-order valence-corrected chi connectivity index (χ1v) is 11.0. The SMILES string of the molecule is CCCOc1ccc(/C(O)=C2/C(=O)C(=O)N(c3cccc(C)c3)C2c2ccc(C)o2)cc1C. The number of amides is 1. The molecule has 33 heavy (non-hydrogen) atoms. The number of hydrogen-bond donors (Lipinski definition) is 1. The predicted molar refractivity (Wildman–Crippen MR) is 126 cm³/mol. The Kier molecular flexibility index (Phi) is 6.09. The molecule has 1 aromatic heterocycles. The highest BCUT2D eigenvalue weighted by molar-refractivity contribution is 6.51. The lowest BCUT2D eigenvalue weighted by Gasteiger charge is -2.23. The van der Waals surface area contributed by atoms with E-state index in [9.17, 15) is 14.7 Å². The molecule has 0 spiro atoms. The van der Waals surface area contributed by atoms with E-state index in [4.69, 9.17) is 9.15 Å². The predicted octanol–water partition coefficient (Wildman–Crippen LogP) is 5.62. The molecule has 0 saturated carbocycles. The van der Waals surface area contributed by atoms with E-state index in [0.29, 0.717) is 35.1 Å². The molecule has 4 rings (SSSR count). The summed E-state index contributed by atoms with van der Waals surface area (Å²) in [5.41, 5.74) is 2.77. The molecule has 3 aromatic rings. The average Bonchev–Trinajstić information content (AvgIpc) is 3.33. The summed E-state index contributed by atoms with van der Waals surface area (Å²) >= 11 is 0. The van der Waals surface area contributed by atoms with Crippen molar-refractivity contribution in [2.45, 2.75) is 40.2 Å². The van der Waals surface area contributed by atoms with Gasteiger partial charge in [0.05, 0.1) is 12.2 Å². The highest BCUT2D eigenvalue weighted by Crippen LogP contribution is 2.43. The van der Waals surface area contributed by atoms with Crippen molar-refractivity contribution in [3.8, 4) is 5.75 Å². The second-order valence-corrected chi connectivity index (χ2v) is 8.29. The Morgan fingerprint density at radius 3 is 2.48 bits per heavy atom. The number of aliphatic hydroxyl groups excluding tert-OH is 1. The van der Waals surface area contributed by atoms with E-state index in [1.165, 1.54) is 4.90 Å². The van der Waals surface area contributed by atoms with Gasteiger partial charge in [0.1, 0.15) is 29.1 Å². The molecule has 1 aliphatic rings. The topological polar surface area (TPSA) is 80.0 Å². The number of anilines is 1. The van der Waals surface area contributed by atoms with Crippen LogP contribution in [0.2, 0.25) is 0 Å². The largest absolute Gasteiger partial charge is 0.507 e. The van der Waals surface area contributed by atoms with Crippen molar-refractivity contribution in [3.05, 3.63) is 88.4 Å². The van der Waals surface area contributed by atoms with Crippen LogP contribution in [0.1, 0.15) is 47.6 Å². The normalized spacial score (nSPS) is 17.6. The Labute approximate surface area is 193 Å². The Balaban J connectivity index is 1.86. The van der Waals surface area contributed by atoms with Gasteiger partial charge in [0.15, 0.2) is 0 Å². The van der Waals surface area contributed by atoms with Gasteiger partial charge in [-0.05, 0) is 80.8 Å². The number of carbonyl (C=O) groups is 2. The van der Waals surface area contributed by atoms with Crippen molar-refractivity contribution in [2.75, 3.05) is 11.5 Å². The molecule has 1 unspecified atom stereocenters. The lowest BCUT2D eigenvalue weighted by Crippen LogP contribution is -2.29. The minimum absolute atomic E-state index is 0.00233. The molecule has 1 saturated heterocycles. The highest BCUT2D eigenvalue weighted by Gasteiger charge is 2.48. The molecule has 1 aliphatic heterocycles. The zero-order valence-electron chi connectivity index (χ0n) is 19.2. The summed E-state index contributed by atoms with van der Waals surface area (Å²) in [6, 6.07) is 15.2. The Morgan fingerprint density at radius 2 is 1.85 bits per heavy atom. The van der Waals surface area contributed by atoms with E-state index >= 15 is 0 Å². The number of furan rings is 1. The van der Waals surface area contributed by atoms with E-state index in [-0.39, 0.29) is 11.3 Å². The Bertz CT molecular complexity index is 1250. The molecule has 0 bridgehead atoms. The maximum atomic E-state index is 13.2. The van der Waals surface area contributed by atoms with E-state index in [1.807, 2.05) is 39.0 Å². The van der Waals surface area contributed by atoms with Crippen molar-refractivity contribution < 1.29 is 23.8 Å². The lowest BCUT2D eigenvalue weighted by molar-refractivity contribution is -0.132. The number of carbonyl (C=O) groups excluding carboxylic acids is 2. The maximum absolute atomic E-state index is 13.2. The monoisotopic (exact) mass is 445 g/mol. The van der Waals surface area contributed by atoms with E-state index in [0.717, 1.165) is 17.5 Å². The molecular formula is C27H27NO5. The van der Waals surface area contributed by atoms with Crippen molar-refractivity contribution in [1.82, 2.24) is 0 Å². The van der Waals surface area contributed by atoms with Crippen LogP contribution in [0.3, 0.4) is 0 Å². The van der Waals surface area contributed by atoms with E-state index in [1.54, 1.807) is 43.3 Å². The molecule has 0 aliphatic carbocycles. The zero-order valence-corrected chi connectivity index (χ0v) is 19.2. The van der Waals surface area contributed by atoms with Crippen LogP contribution in [0.4, 0.5) is 5.69 Å².